The molecule has 1 amide bonds. The normalized spacial score (nSPS) is 11.6. The van der Waals surface area contributed by atoms with Crippen LogP contribution in [-0.4, -0.2) is 54.0 Å². The molecule has 32 heavy (non-hydrogen) atoms. The molecular weight excluding hydrogens is 420 g/mol. The number of carbonyl (C=O) groups is 3. The van der Waals surface area contributed by atoms with Crippen molar-refractivity contribution in [2.75, 3.05) is 16.8 Å². The van der Waals surface area contributed by atoms with Gasteiger partial charge in [-0.2, -0.15) is 9.97 Å². The van der Waals surface area contributed by atoms with Crippen molar-refractivity contribution in [3.8, 4) is 0 Å². The van der Waals surface area contributed by atoms with Crippen LogP contribution in [0.25, 0.3) is 11.2 Å². The first kappa shape index (κ1) is 22.1. The van der Waals surface area contributed by atoms with Gasteiger partial charge in [-0.25, -0.2) is 14.8 Å². The van der Waals surface area contributed by atoms with Gasteiger partial charge in [-0.15, -0.1) is 0 Å². The summed E-state index contributed by atoms with van der Waals surface area (Å²) in [5.74, 6) is -2.50. The number of hydrogen-bond donors (Lipinski definition) is 6. The maximum absolute atomic E-state index is 12.3. The van der Waals surface area contributed by atoms with E-state index in [-0.39, 0.29) is 35.8 Å². The molecule has 0 radical (unpaired) electrons. The lowest BCUT2D eigenvalue weighted by atomic mass is 10.1. The summed E-state index contributed by atoms with van der Waals surface area (Å²) in [5.41, 5.74) is 13.0. The van der Waals surface area contributed by atoms with Gasteiger partial charge in [0, 0.05) is 18.5 Å². The molecule has 0 aliphatic carbocycles. The number of aromatic nitrogens is 4. The van der Waals surface area contributed by atoms with Gasteiger partial charge in [0.15, 0.2) is 17.0 Å². The van der Waals surface area contributed by atoms with Crippen LogP contribution in [0.15, 0.2) is 30.5 Å². The molecular formula is C19H20N8O5. The summed E-state index contributed by atoms with van der Waals surface area (Å²) in [6.45, 7) is 0.355. The highest BCUT2D eigenvalue weighted by Gasteiger charge is 2.21. The van der Waals surface area contributed by atoms with Gasteiger partial charge in [-0.05, 0) is 24.1 Å². The molecule has 0 aliphatic heterocycles. The number of carboxylic acid groups (broad SMARTS) is 2. The summed E-state index contributed by atoms with van der Waals surface area (Å²) in [7, 11) is 0. The molecule has 13 nitrogen and oxygen atoms in total. The molecule has 3 aromatic rings. The third-order valence-electron chi connectivity index (χ3n) is 4.39. The Morgan fingerprint density at radius 2 is 1.75 bits per heavy atom. The summed E-state index contributed by atoms with van der Waals surface area (Å²) in [6, 6.07) is 5.13. The fraction of sp³-hybridized carbons (Fsp3) is 0.211. The van der Waals surface area contributed by atoms with Gasteiger partial charge in [0.1, 0.15) is 11.9 Å². The summed E-state index contributed by atoms with van der Waals surface area (Å²) in [6.07, 6.45) is 0.886. The van der Waals surface area contributed by atoms with Crippen LogP contribution in [0, 0.1) is 0 Å². The minimum absolute atomic E-state index is 0.00527. The zero-order valence-electron chi connectivity index (χ0n) is 16.6. The summed E-state index contributed by atoms with van der Waals surface area (Å²) < 4.78 is 0. The minimum Gasteiger partial charge on any atom is -0.481 e. The second kappa shape index (κ2) is 9.51. The fourth-order valence-electron chi connectivity index (χ4n) is 2.76. The van der Waals surface area contributed by atoms with Gasteiger partial charge >= 0.3 is 11.9 Å². The Morgan fingerprint density at radius 1 is 1.03 bits per heavy atom. The van der Waals surface area contributed by atoms with E-state index in [0.29, 0.717) is 17.9 Å². The monoisotopic (exact) mass is 440 g/mol. The Kier molecular flexibility index (Phi) is 6.58. The predicted octanol–water partition coefficient (Wildman–Crippen LogP) is 0.244. The van der Waals surface area contributed by atoms with Crippen molar-refractivity contribution in [2.45, 2.75) is 25.4 Å². The first-order valence-corrected chi connectivity index (χ1v) is 9.37. The van der Waals surface area contributed by atoms with Crippen molar-refractivity contribution in [1.82, 2.24) is 25.3 Å². The maximum atomic E-state index is 12.3. The highest BCUT2D eigenvalue weighted by molar-refractivity contribution is 5.96. The van der Waals surface area contributed by atoms with E-state index < -0.39 is 23.9 Å². The van der Waals surface area contributed by atoms with Crippen LogP contribution in [0.2, 0.25) is 0 Å². The Morgan fingerprint density at radius 3 is 2.41 bits per heavy atom. The van der Waals surface area contributed by atoms with Crippen LogP contribution in [0.1, 0.15) is 28.8 Å². The number of anilines is 3. The van der Waals surface area contributed by atoms with Crippen LogP contribution >= 0.6 is 0 Å². The Bertz CT molecular complexity index is 1170. The second-order valence-electron chi connectivity index (χ2n) is 6.74. The van der Waals surface area contributed by atoms with Crippen LogP contribution in [0.4, 0.5) is 17.6 Å². The van der Waals surface area contributed by atoms with Crippen LogP contribution in [-0.2, 0) is 16.1 Å². The van der Waals surface area contributed by atoms with E-state index in [9.17, 15) is 14.4 Å². The lowest BCUT2D eigenvalue weighted by molar-refractivity contribution is -0.140. The lowest BCUT2D eigenvalue weighted by Crippen LogP contribution is -2.41. The molecule has 13 heteroatoms. The molecule has 0 unspecified atom stereocenters. The molecule has 0 saturated carbocycles. The van der Waals surface area contributed by atoms with E-state index in [2.05, 4.69) is 30.6 Å². The van der Waals surface area contributed by atoms with Crippen LogP contribution < -0.4 is 22.1 Å². The highest BCUT2D eigenvalue weighted by Crippen LogP contribution is 2.17. The molecule has 1 atom stereocenters. The molecule has 0 bridgehead atoms. The fourth-order valence-corrected chi connectivity index (χ4v) is 2.76. The van der Waals surface area contributed by atoms with Gasteiger partial charge in [-0.3, -0.25) is 9.59 Å². The van der Waals surface area contributed by atoms with Crippen molar-refractivity contribution < 1.29 is 24.6 Å². The number of carboxylic acids is 2. The molecule has 0 saturated heterocycles. The molecule has 166 valence electrons. The zero-order valence-corrected chi connectivity index (χ0v) is 16.6. The molecule has 8 N–H and O–H groups in total. The van der Waals surface area contributed by atoms with Crippen LogP contribution in [0.3, 0.4) is 0 Å². The summed E-state index contributed by atoms with van der Waals surface area (Å²) >= 11 is 0. The molecule has 0 spiro atoms. The first-order chi connectivity index (χ1) is 15.2. The predicted molar refractivity (Wildman–Crippen MR) is 113 cm³/mol. The topological polar surface area (TPSA) is 219 Å². The first-order valence-electron chi connectivity index (χ1n) is 9.37. The van der Waals surface area contributed by atoms with Gasteiger partial charge in [-0.1, -0.05) is 12.1 Å². The molecule has 1 aromatic carbocycles. The second-order valence-corrected chi connectivity index (χ2v) is 6.74. The SMILES string of the molecule is Nc1nc(N)c2nc(NCc3ccc(C(=O)N[C@@H](CCC(=O)O)C(=O)O)cc3)cnc2n1. The minimum atomic E-state index is -1.30. The summed E-state index contributed by atoms with van der Waals surface area (Å²) in [5, 5.41) is 23.2. The number of benzene rings is 1. The van der Waals surface area contributed by atoms with Gasteiger partial charge in [0.25, 0.3) is 5.91 Å². The van der Waals surface area contributed by atoms with E-state index in [1.807, 2.05) is 0 Å². The van der Waals surface area contributed by atoms with Crippen LogP contribution in [0.5, 0.6) is 0 Å². The van der Waals surface area contributed by atoms with Gasteiger partial charge in [0.05, 0.1) is 6.20 Å². The number of hydrogen-bond acceptors (Lipinski definition) is 10. The van der Waals surface area contributed by atoms with Crippen molar-refractivity contribution in [3.05, 3.63) is 41.6 Å². The Hall–Kier alpha value is -4.55. The van der Waals surface area contributed by atoms with Crippen molar-refractivity contribution in [1.29, 1.82) is 0 Å². The number of rotatable bonds is 9. The molecule has 0 aliphatic rings. The Balaban J connectivity index is 1.62. The van der Waals surface area contributed by atoms with Crippen molar-refractivity contribution in [2.24, 2.45) is 0 Å². The van der Waals surface area contributed by atoms with Gasteiger partial charge in [0.2, 0.25) is 5.95 Å². The van der Waals surface area contributed by atoms with E-state index in [1.54, 1.807) is 12.1 Å². The number of carbonyl (C=O) groups excluding carboxylic acids is 1. The average Bonchev–Trinajstić information content (AvgIpc) is 2.75. The van der Waals surface area contributed by atoms with E-state index in [0.717, 1.165) is 5.56 Å². The highest BCUT2D eigenvalue weighted by atomic mass is 16.4. The number of nitrogens with two attached hydrogens (primary N) is 2. The third-order valence-corrected chi connectivity index (χ3v) is 4.39. The standard InChI is InChI=1S/C19H20N8O5/c20-15-14-16(27-19(21)26-15)23-8-12(25-14)22-7-9-1-3-10(4-2-9)17(30)24-11(18(31)32)5-6-13(28)29/h1-4,8,11H,5-7H2,(H,22,25)(H,24,30)(H,28,29)(H,31,32)(H4,20,21,23,26,27)/t11-/m0/s1. The number of nitrogen functional groups attached to an aromatic ring is 2. The summed E-state index contributed by atoms with van der Waals surface area (Å²) in [4.78, 5) is 50.4. The molecule has 2 heterocycles. The number of amides is 1. The van der Waals surface area contributed by atoms with Crippen molar-refractivity contribution in [3.63, 3.8) is 0 Å². The number of nitrogens with zero attached hydrogens (tertiary/aromatic N) is 4. The third kappa shape index (κ3) is 5.53. The largest absolute Gasteiger partial charge is 0.481 e. The van der Waals surface area contributed by atoms with Gasteiger partial charge < -0.3 is 32.3 Å². The van der Waals surface area contributed by atoms with Crippen molar-refractivity contribution >= 4 is 46.6 Å². The van der Waals surface area contributed by atoms with E-state index >= 15 is 0 Å². The smallest absolute Gasteiger partial charge is 0.326 e. The quantitative estimate of drug-likeness (QED) is 0.263. The number of fused-ring (bicyclic) bond motifs is 1. The molecule has 3 rings (SSSR count). The maximum Gasteiger partial charge on any atom is 0.326 e. The number of aliphatic carboxylic acids is 2. The number of nitrogens with one attached hydrogen (secondary N) is 2. The molecule has 0 fully saturated rings. The lowest BCUT2D eigenvalue weighted by Gasteiger charge is -2.14. The molecule has 2 aromatic heterocycles. The zero-order chi connectivity index (χ0) is 23.3. The van der Waals surface area contributed by atoms with E-state index in [4.69, 9.17) is 21.7 Å². The average molecular weight is 440 g/mol. The Labute approximate surface area is 180 Å². The van der Waals surface area contributed by atoms with E-state index in [1.165, 1.54) is 18.3 Å².